The van der Waals surface area contributed by atoms with Crippen LogP contribution in [0.3, 0.4) is 0 Å². The van der Waals surface area contributed by atoms with E-state index in [0.717, 1.165) is 0 Å². The number of imide groups is 2. The van der Waals surface area contributed by atoms with Gasteiger partial charge in [0.05, 0.1) is 20.7 Å². The number of hydrogen-bond donors (Lipinski definition) is 1. The van der Waals surface area contributed by atoms with Gasteiger partial charge in [0, 0.05) is 11.6 Å². The third-order valence-electron chi connectivity index (χ3n) is 4.01. The van der Waals surface area contributed by atoms with Crippen LogP contribution in [0.1, 0.15) is 11.1 Å². The first kappa shape index (κ1) is 19.5. The summed E-state index contributed by atoms with van der Waals surface area (Å²) in [7, 11) is 0. The minimum Gasteiger partial charge on any atom is -0.273 e. The lowest BCUT2D eigenvalue weighted by Crippen LogP contribution is -2.54. The van der Waals surface area contributed by atoms with E-state index in [1.54, 1.807) is 6.92 Å². The summed E-state index contributed by atoms with van der Waals surface area (Å²) in [6, 6.07) is 7.63. The summed E-state index contributed by atoms with van der Waals surface area (Å²) in [6.45, 7) is 1.56. The highest BCUT2D eigenvalue weighted by atomic mass is 35.5. The fourth-order valence-electron chi connectivity index (χ4n) is 2.62. The minimum absolute atomic E-state index is 0.00459. The van der Waals surface area contributed by atoms with E-state index in [1.807, 2.05) is 5.32 Å². The maximum atomic E-state index is 12.8. The number of aryl methyl sites for hydroxylation is 1. The van der Waals surface area contributed by atoms with E-state index in [1.165, 1.54) is 42.5 Å². The Morgan fingerprint density at radius 1 is 1.14 bits per heavy atom. The number of nitro groups is 1. The van der Waals surface area contributed by atoms with Gasteiger partial charge in [0.25, 0.3) is 17.5 Å². The van der Waals surface area contributed by atoms with Crippen molar-refractivity contribution in [3.63, 3.8) is 0 Å². The number of nitrogens with one attached hydrogen (secondary N) is 1. The highest BCUT2D eigenvalue weighted by Crippen LogP contribution is 2.34. The minimum atomic E-state index is -0.980. The second kappa shape index (κ2) is 7.41. The summed E-state index contributed by atoms with van der Waals surface area (Å²) < 4.78 is 0. The van der Waals surface area contributed by atoms with Crippen LogP contribution in [-0.4, -0.2) is 22.8 Å². The molecule has 0 unspecified atom stereocenters. The molecule has 1 saturated heterocycles. The maximum absolute atomic E-state index is 12.8. The number of nitrogens with zero attached hydrogens (tertiary/aromatic N) is 2. The standard InChI is InChI=1S/C18H11Cl2N3O5/c1-9-5-6-10(8-14(9)23(27)28)7-11-16(24)21-18(26)22(17(11)25)13-4-2-3-12(19)15(13)20/h2-8H,1H3,(H,21,24,26)/b11-7-. The summed E-state index contributed by atoms with van der Waals surface area (Å²) in [4.78, 5) is 48.5. The van der Waals surface area contributed by atoms with Crippen molar-refractivity contribution in [3.8, 4) is 0 Å². The Morgan fingerprint density at radius 2 is 1.86 bits per heavy atom. The van der Waals surface area contributed by atoms with Gasteiger partial charge in [-0.2, -0.15) is 0 Å². The van der Waals surface area contributed by atoms with Gasteiger partial charge in [-0.1, -0.05) is 41.4 Å². The van der Waals surface area contributed by atoms with Crippen LogP contribution in [0.25, 0.3) is 6.08 Å². The third-order valence-corrected chi connectivity index (χ3v) is 4.82. The fraction of sp³-hybridized carbons (Fsp3) is 0.0556. The molecule has 1 heterocycles. The van der Waals surface area contributed by atoms with Crippen LogP contribution < -0.4 is 10.2 Å². The van der Waals surface area contributed by atoms with Gasteiger partial charge < -0.3 is 0 Å². The first-order chi connectivity index (χ1) is 13.2. The highest BCUT2D eigenvalue weighted by molar-refractivity contribution is 6.46. The predicted molar refractivity (Wildman–Crippen MR) is 103 cm³/mol. The second-order valence-corrected chi connectivity index (χ2v) is 6.62. The van der Waals surface area contributed by atoms with Crippen molar-refractivity contribution in [1.82, 2.24) is 5.32 Å². The molecule has 4 amide bonds. The lowest BCUT2D eigenvalue weighted by molar-refractivity contribution is -0.385. The van der Waals surface area contributed by atoms with Gasteiger partial charge in [0.2, 0.25) is 0 Å². The van der Waals surface area contributed by atoms with Gasteiger partial charge in [-0.3, -0.25) is 25.0 Å². The Bertz CT molecular complexity index is 1080. The lowest BCUT2D eigenvalue weighted by atomic mass is 10.0. The van der Waals surface area contributed by atoms with Crippen molar-refractivity contribution in [3.05, 3.63) is 73.3 Å². The van der Waals surface area contributed by atoms with Crippen LogP contribution in [0, 0.1) is 17.0 Å². The molecule has 1 fully saturated rings. The molecule has 0 aliphatic carbocycles. The number of benzene rings is 2. The quantitative estimate of drug-likeness (QED) is 0.351. The Labute approximate surface area is 168 Å². The van der Waals surface area contributed by atoms with Crippen LogP contribution in [0.5, 0.6) is 0 Å². The summed E-state index contributed by atoms with van der Waals surface area (Å²) >= 11 is 12.0. The number of barbiturate groups is 1. The van der Waals surface area contributed by atoms with Crippen LogP contribution in [0.2, 0.25) is 10.0 Å². The number of nitro benzene ring substituents is 1. The molecular formula is C18H11Cl2N3O5. The van der Waals surface area contributed by atoms with Gasteiger partial charge in [-0.25, -0.2) is 9.69 Å². The van der Waals surface area contributed by atoms with Crippen LogP contribution >= 0.6 is 23.2 Å². The summed E-state index contributed by atoms with van der Waals surface area (Å²) in [5.74, 6) is -1.85. The van der Waals surface area contributed by atoms with Crippen molar-refractivity contribution in [2.75, 3.05) is 4.90 Å². The van der Waals surface area contributed by atoms with E-state index < -0.39 is 22.8 Å². The summed E-state index contributed by atoms with van der Waals surface area (Å²) in [5.41, 5.74) is 0.138. The number of urea groups is 1. The molecule has 0 saturated carbocycles. The number of hydrogen-bond acceptors (Lipinski definition) is 5. The smallest absolute Gasteiger partial charge is 0.273 e. The number of anilines is 1. The fourth-order valence-corrected chi connectivity index (χ4v) is 3.00. The van der Waals surface area contributed by atoms with Crippen LogP contribution in [-0.2, 0) is 9.59 Å². The largest absolute Gasteiger partial charge is 0.336 e. The number of rotatable bonds is 3. The number of halogens is 2. The Hall–Kier alpha value is -3.23. The van der Waals surface area contributed by atoms with E-state index in [4.69, 9.17) is 23.2 Å². The molecule has 0 aromatic heterocycles. The first-order valence-corrected chi connectivity index (χ1v) is 8.57. The Kier molecular flexibility index (Phi) is 5.17. The zero-order valence-corrected chi connectivity index (χ0v) is 15.7. The maximum Gasteiger partial charge on any atom is 0.336 e. The van der Waals surface area contributed by atoms with Gasteiger partial charge in [0.15, 0.2) is 0 Å². The summed E-state index contributed by atoms with van der Waals surface area (Å²) in [5, 5.41) is 13.2. The lowest BCUT2D eigenvalue weighted by Gasteiger charge is -2.27. The molecule has 3 rings (SSSR count). The topological polar surface area (TPSA) is 110 Å². The molecule has 28 heavy (non-hydrogen) atoms. The number of carbonyl (C=O) groups is 3. The van der Waals surface area contributed by atoms with Crippen LogP contribution in [0.4, 0.5) is 16.2 Å². The van der Waals surface area contributed by atoms with E-state index in [2.05, 4.69) is 0 Å². The monoisotopic (exact) mass is 419 g/mol. The molecule has 0 atom stereocenters. The first-order valence-electron chi connectivity index (χ1n) is 7.81. The normalized spacial score (nSPS) is 15.8. The number of carbonyl (C=O) groups excluding carboxylic acids is 3. The summed E-state index contributed by atoms with van der Waals surface area (Å²) in [6.07, 6.45) is 1.17. The average Bonchev–Trinajstić information content (AvgIpc) is 2.63. The van der Waals surface area contributed by atoms with Gasteiger partial charge in [-0.15, -0.1) is 0 Å². The molecule has 1 aliphatic rings. The van der Waals surface area contributed by atoms with Crippen molar-refractivity contribution in [2.45, 2.75) is 6.92 Å². The Morgan fingerprint density at radius 3 is 2.54 bits per heavy atom. The van der Waals surface area contributed by atoms with E-state index >= 15 is 0 Å². The molecule has 10 heteroatoms. The molecule has 2 aromatic rings. The van der Waals surface area contributed by atoms with Crippen molar-refractivity contribution >= 4 is 58.5 Å². The molecule has 8 nitrogen and oxygen atoms in total. The molecule has 0 bridgehead atoms. The van der Waals surface area contributed by atoms with Gasteiger partial charge in [0.1, 0.15) is 5.57 Å². The zero-order valence-electron chi connectivity index (χ0n) is 14.2. The Balaban J connectivity index is 2.08. The average molecular weight is 420 g/mol. The van der Waals surface area contributed by atoms with Gasteiger partial charge in [-0.05, 0) is 30.7 Å². The SMILES string of the molecule is Cc1ccc(/C=C2/C(=O)NC(=O)N(c3cccc(Cl)c3Cl)C2=O)cc1[N+](=O)[O-]. The molecule has 1 N–H and O–H groups in total. The molecule has 0 radical (unpaired) electrons. The predicted octanol–water partition coefficient (Wildman–Crippen LogP) is 3.88. The zero-order chi connectivity index (χ0) is 20.6. The molecule has 142 valence electrons. The van der Waals surface area contributed by atoms with Crippen LogP contribution in [0.15, 0.2) is 42.0 Å². The van der Waals surface area contributed by atoms with Crippen molar-refractivity contribution in [2.24, 2.45) is 0 Å². The van der Waals surface area contributed by atoms with Crippen molar-refractivity contribution in [1.29, 1.82) is 0 Å². The van der Waals surface area contributed by atoms with E-state index in [-0.39, 0.29) is 32.6 Å². The van der Waals surface area contributed by atoms with E-state index in [0.29, 0.717) is 10.5 Å². The highest BCUT2D eigenvalue weighted by Gasteiger charge is 2.38. The number of amides is 4. The molecule has 0 spiro atoms. The van der Waals surface area contributed by atoms with Gasteiger partial charge >= 0.3 is 6.03 Å². The second-order valence-electron chi connectivity index (χ2n) is 5.83. The molecular weight excluding hydrogens is 409 g/mol. The van der Waals surface area contributed by atoms with Crippen molar-refractivity contribution < 1.29 is 19.3 Å². The van der Waals surface area contributed by atoms with E-state index in [9.17, 15) is 24.5 Å². The molecule has 2 aromatic carbocycles. The third kappa shape index (κ3) is 3.47. The molecule has 1 aliphatic heterocycles.